The summed E-state index contributed by atoms with van der Waals surface area (Å²) in [6, 6.07) is 9.10. The van der Waals surface area contributed by atoms with Crippen LogP contribution in [0.3, 0.4) is 0 Å². The largest absolute Gasteiger partial charge is 0.482 e. The minimum absolute atomic E-state index is 0.0367. The molecular formula is C18H15N3O3S. The predicted molar refractivity (Wildman–Crippen MR) is 96.2 cm³/mol. The molecule has 0 saturated heterocycles. The van der Waals surface area contributed by atoms with E-state index in [1.54, 1.807) is 16.8 Å². The highest BCUT2D eigenvalue weighted by Crippen LogP contribution is 2.33. The highest BCUT2D eigenvalue weighted by molar-refractivity contribution is 7.09. The number of hydrogen-bond acceptors (Lipinski definition) is 5. The highest BCUT2D eigenvalue weighted by atomic mass is 32.1. The standard InChI is InChI=1S/C18H15N3O3S/c1-11-4-5-21(18(23)6-11)8-17-20-14(10-25-17)12-2-3-15-13(7-12)19-16(22)9-24-15/h2-7,10H,8-9H2,1H3,(H,19,22). The fourth-order valence-corrected chi connectivity index (χ4v) is 3.44. The predicted octanol–water partition coefficient (Wildman–Crippen LogP) is 2.66. The normalized spacial score (nSPS) is 13.1. The summed E-state index contributed by atoms with van der Waals surface area (Å²) in [7, 11) is 0. The summed E-state index contributed by atoms with van der Waals surface area (Å²) in [6.45, 7) is 2.37. The van der Waals surface area contributed by atoms with Crippen molar-refractivity contribution in [1.29, 1.82) is 0 Å². The molecule has 0 fully saturated rings. The third-order valence-electron chi connectivity index (χ3n) is 3.92. The zero-order chi connectivity index (χ0) is 17.4. The van der Waals surface area contributed by atoms with E-state index in [1.165, 1.54) is 11.3 Å². The van der Waals surface area contributed by atoms with Crippen LogP contribution in [0, 0.1) is 6.92 Å². The van der Waals surface area contributed by atoms with Crippen molar-refractivity contribution in [2.45, 2.75) is 13.5 Å². The number of carbonyl (C=O) groups excluding carboxylic acids is 1. The lowest BCUT2D eigenvalue weighted by atomic mass is 10.1. The average molecular weight is 353 g/mol. The molecule has 2 aromatic heterocycles. The molecule has 0 unspecified atom stereocenters. The van der Waals surface area contributed by atoms with Gasteiger partial charge in [-0.3, -0.25) is 9.59 Å². The van der Waals surface area contributed by atoms with Crippen molar-refractivity contribution in [3.05, 3.63) is 62.8 Å². The van der Waals surface area contributed by atoms with Gasteiger partial charge in [-0.25, -0.2) is 4.98 Å². The van der Waals surface area contributed by atoms with E-state index in [9.17, 15) is 9.59 Å². The van der Waals surface area contributed by atoms with Gasteiger partial charge in [-0.2, -0.15) is 0 Å². The van der Waals surface area contributed by atoms with Gasteiger partial charge in [-0.1, -0.05) is 0 Å². The first-order valence-electron chi connectivity index (χ1n) is 7.77. The first-order chi connectivity index (χ1) is 12.1. The van der Waals surface area contributed by atoms with Crippen LogP contribution in [0.5, 0.6) is 5.75 Å². The summed E-state index contributed by atoms with van der Waals surface area (Å²) in [5, 5.41) is 5.59. The van der Waals surface area contributed by atoms with Crippen LogP contribution in [0.25, 0.3) is 11.3 Å². The van der Waals surface area contributed by atoms with Crippen molar-refractivity contribution < 1.29 is 9.53 Å². The lowest BCUT2D eigenvalue weighted by molar-refractivity contribution is -0.118. The maximum atomic E-state index is 12.0. The minimum Gasteiger partial charge on any atom is -0.482 e. The number of thiazole rings is 1. The Morgan fingerprint density at radius 2 is 2.16 bits per heavy atom. The molecular weight excluding hydrogens is 338 g/mol. The Bertz CT molecular complexity index is 1020. The van der Waals surface area contributed by atoms with Crippen LogP contribution in [-0.4, -0.2) is 22.1 Å². The molecule has 126 valence electrons. The van der Waals surface area contributed by atoms with Crippen LogP contribution in [0.1, 0.15) is 10.6 Å². The molecule has 0 radical (unpaired) electrons. The number of fused-ring (bicyclic) bond motifs is 1. The molecule has 1 N–H and O–H groups in total. The third kappa shape index (κ3) is 3.18. The van der Waals surface area contributed by atoms with Gasteiger partial charge in [0.15, 0.2) is 6.61 Å². The zero-order valence-corrected chi connectivity index (χ0v) is 14.3. The number of rotatable bonds is 3. The first kappa shape index (κ1) is 15.6. The number of aryl methyl sites for hydroxylation is 1. The number of aromatic nitrogens is 2. The van der Waals surface area contributed by atoms with E-state index in [0.717, 1.165) is 21.8 Å². The molecule has 1 aromatic carbocycles. The molecule has 25 heavy (non-hydrogen) atoms. The van der Waals surface area contributed by atoms with E-state index in [2.05, 4.69) is 10.3 Å². The van der Waals surface area contributed by atoms with Gasteiger partial charge in [0.05, 0.1) is 17.9 Å². The lowest BCUT2D eigenvalue weighted by Gasteiger charge is -2.18. The molecule has 0 bridgehead atoms. The van der Waals surface area contributed by atoms with Crippen molar-refractivity contribution in [3.8, 4) is 17.0 Å². The average Bonchev–Trinajstić information content (AvgIpc) is 3.05. The van der Waals surface area contributed by atoms with Crippen LogP contribution in [0.4, 0.5) is 5.69 Å². The van der Waals surface area contributed by atoms with Crippen LogP contribution in [0.2, 0.25) is 0 Å². The molecule has 3 aromatic rings. The number of benzene rings is 1. The molecule has 7 heteroatoms. The van der Waals surface area contributed by atoms with E-state index in [-0.39, 0.29) is 18.1 Å². The molecule has 1 aliphatic heterocycles. The molecule has 6 nitrogen and oxygen atoms in total. The summed E-state index contributed by atoms with van der Waals surface area (Å²) < 4.78 is 7.00. The van der Waals surface area contributed by atoms with E-state index >= 15 is 0 Å². The molecule has 0 spiro atoms. The number of anilines is 1. The number of carbonyl (C=O) groups is 1. The minimum atomic E-state index is -0.164. The Balaban J connectivity index is 1.60. The van der Waals surface area contributed by atoms with Crippen LogP contribution < -0.4 is 15.6 Å². The van der Waals surface area contributed by atoms with Gasteiger partial charge in [0.25, 0.3) is 11.5 Å². The number of ether oxygens (including phenoxy) is 1. The number of nitrogens with zero attached hydrogens (tertiary/aromatic N) is 2. The highest BCUT2D eigenvalue weighted by Gasteiger charge is 2.17. The Hall–Kier alpha value is -2.93. The topological polar surface area (TPSA) is 73.2 Å². The van der Waals surface area contributed by atoms with Crippen molar-refractivity contribution in [2.75, 3.05) is 11.9 Å². The molecule has 1 aliphatic rings. The molecule has 1 amide bonds. The monoisotopic (exact) mass is 353 g/mol. The van der Waals surface area contributed by atoms with E-state index in [4.69, 9.17) is 4.74 Å². The number of nitrogens with one attached hydrogen (secondary N) is 1. The fourth-order valence-electron chi connectivity index (χ4n) is 2.64. The van der Waals surface area contributed by atoms with Crippen molar-refractivity contribution in [3.63, 3.8) is 0 Å². The maximum Gasteiger partial charge on any atom is 0.262 e. The summed E-state index contributed by atoms with van der Waals surface area (Å²) in [4.78, 5) is 28.1. The summed E-state index contributed by atoms with van der Waals surface area (Å²) >= 11 is 1.50. The van der Waals surface area contributed by atoms with E-state index in [0.29, 0.717) is 18.0 Å². The number of amides is 1. The van der Waals surface area contributed by atoms with Crippen LogP contribution in [0.15, 0.2) is 46.7 Å². The quantitative estimate of drug-likeness (QED) is 0.786. The molecule has 3 heterocycles. The van der Waals surface area contributed by atoms with Gasteiger partial charge in [0.1, 0.15) is 10.8 Å². The van der Waals surface area contributed by atoms with Gasteiger partial charge >= 0.3 is 0 Å². The van der Waals surface area contributed by atoms with E-state index in [1.807, 2.05) is 36.6 Å². The number of hydrogen-bond donors (Lipinski definition) is 1. The second kappa shape index (κ2) is 6.18. The Morgan fingerprint density at radius 3 is 3.00 bits per heavy atom. The Kier molecular flexibility index (Phi) is 3.85. The first-order valence-corrected chi connectivity index (χ1v) is 8.65. The van der Waals surface area contributed by atoms with Gasteiger partial charge in [0, 0.05) is 23.2 Å². The summed E-state index contributed by atoms with van der Waals surface area (Å²) in [6.07, 6.45) is 1.78. The van der Waals surface area contributed by atoms with Gasteiger partial charge in [-0.15, -0.1) is 11.3 Å². The van der Waals surface area contributed by atoms with Crippen molar-refractivity contribution >= 4 is 22.9 Å². The maximum absolute atomic E-state index is 12.0. The third-order valence-corrected chi connectivity index (χ3v) is 4.75. The lowest BCUT2D eigenvalue weighted by Crippen LogP contribution is -2.25. The molecule has 4 rings (SSSR count). The van der Waals surface area contributed by atoms with Gasteiger partial charge < -0.3 is 14.6 Å². The van der Waals surface area contributed by atoms with E-state index < -0.39 is 0 Å². The summed E-state index contributed by atoms with van der Waals surface area (Å²) in [5.74, 6) is 0.493. The SMILES string of the molecule is Cc1ccn(Cc2nc(-c3ccc4c(c3)NC(=O)CO4)cs2)c(=O)c1. The Morgan fingerprint density at radius 1 is 1.28 bits per heavy atom. The zero-order valence-electron chi connectivity index (χ0n) is 13.5. The molecule has 0 atom stereocenters. The van der Waals surface area contributed by atoms with Crippen molar-refractivity contribution in [2.24, 2.45) is 0 Å². The second-order valence-electron chi connectivity index (χ2n) is 5.84. The second-order valence-corrected chi connectivity index (χ2v) is 6.79. The Labute approximate surface area is 147 Å². The fraction of sp³-hybridized carbons (Fsp3) is 0.167. The van der Waals surface area contributed by atoms with Crippen molar-refractivity contribution in [1.82, 2.24) is 9.55 Å². The van der Waals surface area contributed by atoms with Gasteiger partial charge in [-0.05, 0) is 36.8 Å². The van der Waals surface area contributed by atoms with Crippen LogP contribution in [-0.2, 0) is 11.3 Å². The molecule has 0 aliphatic carbocycles. The molecule has 0 saturated carbocycles. The van der Waals surface area contributed by atoms with Gasteiger partial charge in [0.2, 0.25) is 0 Å². The number of pyridine rings is 1. The smallest absolute Gasteiger partial charge is 0.262 e. The summed E-state index contributed by atoms with van der Waals surface area (Å²) in [5.41, 5.74) is 3.26. The van der Waals surface area contributed by atoms with Crippen LogP contribution >= 0.6 is 11.3 Å².